The molecule has 1 aromatic rings. The minimum absolute atomic E-state index is 0.775. The fourth-order valence-electron chi connectivity index (χ4n) is 1.79. The molecule has 0 atom stereocenters. The van der Waals surface area contributed by atoms with E-state index < -0.39 is 0 Å². The van der Waals surface area contributed by atoms with Gasteiger partial charge in [-0.3, -0.25) is 0 Å². The highest BCUT2D eigenvalue weighted by Crippen LogP contribution is 2.18. The molecule has 0 saturated carbocycles. The molecule has 0 spiro atoms. The number of nitrogens with one attached hydrogen (secondary N) is 1. The number of rotatable bonds is 3. The maximum Gasteiger partial charge on any atom is 0.297 e. The summed E-state index contributed by atoms with van der Waals surface area (Å²) in [4.78, 5) is 6.65. The molecule has 0 amide bonds. The zero-order valence-electron chi connectivity index (χ0n) is 8.62. The number of hydrogen-bond acceptors (Lipinski definition) is 4. The van der Waals surface area contributed by atoms with Crippen LogP contribution in [0.1, 0.15) is 25.0 Å². The number of anilines is 1. The lowest BCUT2D eigenvalue weighted by atomic mass is 10.1. The minimum Gasteiger partial charge on any atom is -0.432 e. The maximum absolute atomic E-state index is 5.43. The normalized spacial score (nSPS) is 17.4. The third kappa shape index (κ3) is 2.07. The maximum atomic E-state index is 5.43. The Labute approximate surface area is 84.3 Å². The molecule has 0 bridgehead atoms. The largest absolute Gasteiger partial charge is 0.432 e. The first-order chi connectivity index (χ1) is 6.90. The quantitative estimate of drug-likeness (QED) is 0.791. The van der Waals surface area contributed by atoms with E-state index in [1.165, 1.54) is 19.3 Å². The first-order valence-electron chi connectivity index (χ1n) is 5.24. The molecule has 0 aliphatic carbocycles. The van der Waals surface area contributed by atoms with Crippen molar-refractivity contribution in [1.82, 2.24) is 10.3 Å². The second-order valence-electron chi connectivity index (χ2n) is 3.70. The monoisotopic (exact) mass is 195 g/mol. The molecule has 14 heavy (non-hydrogen) atoms. The van der Waals surface area contributed by atoms with E-state index in [4.69, 9.17) is 4.42 Å². The number of nitrogens with zero attached hydrogens (tertiary/aromatic N) is 2. The third-order valence-electron chi connectivity index (χ3n) is 2.52. The van der Waals surface area contributed by atoms with Crippen LogP contribution in [0.4, 0.5) is 6.01 Å². The van der Waals surface area contributed by atoms with Gasteiger partial charge in [0.1, 0.15) is 6.26 Å². The van der Waals surface area contributed by atoms with Gasteiger partial charge in [0, 0.05) is 19.6 Å². The zero-order valence-corrected chi connectivity index (χ0v) is 8.62. The Bertz CT molecular complexity index is 279. The molecule has 4 heteroatoms. The van der Waals surface area contributed by atoms with Crippen molar-refractivity contribution in [2.45, 2.75) is 25.8 Å². The predicted molar refractivity (Wildman–Crippen MR) is 55.3 cm³/mol. The molecule has 1 N–H and O–H groups in total. The van der Waals surface area contributed by atoms with Gasteiger partial charge in [-0.1, -0.05) is 0 Å². The van der Waals surface area contributed by atoms with E-state index in [-0.39, 0.29) is 0 Å². The molecule has 2 heterocycles. The van der Waals surface area contributed by atoms with Crippen molar-refractivity contribution in [2.24, 2.45) is 0 Å². The number of oxazole rings is 1. The van der Waals surface area contributed by atoms with E-state index >= 15 is 0 Å². The summed E-state index contributed by atoms with van der Waals surface area (Å²) in [6.07, 6.45) is 5.58. The highest BCUT2D eigenvalue weighted by Gasteiger charge is 2.15. The molecule has 1 saturated heterocycles. The first-order valence-corrected chi connectivity index (χ1v) is 5.24. The molecule has 1 aliphatic heterocycles. The van der Waals surface area contributed by atoms with Gasteiger partial charge in [-0.2, -0.15) is 4.98 Å². The first kappa shape index (κ1) is 9.52. The van der Waals surface area contributed by atoms with Crippen LogP contribution in [0.25, 0.3) is 0 Å². The van der Waals surface area contributed by atoms with E-state index in [9.17, 15) is 0 Å². The van der Waals surface area contributed by atoms with Gasteiger partial charge >= 0.3 is 0 Å². The second-order valence-corrected chi connectivity index (χ2v) is 3.70. The molecular weight excluding hydrogens is 178 g/mol. The Balaban J connectivity index is 2.00. The number of hydrogen-bond donors (Lipinski definition) is 1. The number of aromatic nitrogens is 1. The van der Waals surface area contributed by atoms with Crippen molar-refractivity contribution < 1.29 is 4.42 Å². The summed E-state index contributed by atoms with van der Waals surface area (Å²) in [6, 6.07) is 0.787. The average Bonchev–Trinajstić information content (AvgIpc) is 2.68. The summed E-state index contributed by atoms with van der Waals surface area (Å²) in [7, 11) is 1.91. The lowest BCUT2D eigenvalue weighted by Crippen LogP contribution is -2.29. The van der Waals surface area contributed by atoms with Gasteiger partial charge in [-0.15, -0.1) is 0 Å². The van der Waals surface area contributed by atoms with Gasteiger partial charge in [0.15, 0.2) is 0 Å². The Morgan fingerprint density at radius 2 is 2.21 bits per heavy atom. The van der Waals surface area contributed by atoms with Crippen molar-refractivity contribution in [3.8, 4) is 0 Å². The van der Waals surface area contributed by atoms with Crippen molar-refractivity contribution in [2.75, 3.05) is 25.0 Å². The second kappa shape index (κ2) is 4.46. The Kier molecular flexibility index (Phi) is 3.03. The van der Waals surface area contributed by atoms with Crippen LogP contribution in [0.15, 0.2) is 10.7 Å². The lowest BCUT2D eigenvalue weighted by Gasteiger charge is -2.24. The van der Waals surface area contributed by atoms with Crippen LogP contribution in [0, 0.1) is 0 Å². The molecule has 4 nitrogen and oxygen atoms in total. The van der Waals surface area contributed by atoms with Crippen LogP contribution in [0.3, 0.4) is 0 Å². The van der Waals surface area contributed by atoms with E-state index in [0.717, 1.165) is 31.3 Å². The fraction of sp³-hybridized carbons (Fsp3) is 0.700. The van der Waals surface area contributed by atoms with Crippen LogP contribution < -0.4 is 10.2 Å². The van der Waals surface area contributed by atoms with E-state index in [0.29, 0.717) is 0 Å². The lowest BCUT2D eigenvalue weighted by molar-refractivity contribution is 0.491. The molecule has 2 rings (SSSR count). The van der Waals surface area contributed by atoms with Crippen LogP contribution in [0.5, 0.6) is 0 Å². The van der Waals surface area contributed by atoms with Crippen LogP contribution >= 0.6 is 0 Å². The van der Waals surface area contributed by atoms with E-state index in [1.54, 1.807) is 6.26 Å². The molecule has 1 aliphatic rings. The summed E-state index contributed by atoms with van der Waals surface area (Å²) in [5, 5.41) is 3.06. The van der Waals surface area contributed by atoms with Crippen molar-refractivity contribution in [3.05, 3.63) is 12.0 Å². The summed E-state index contributed by atoms with van der Waals surface area (Å²) >= 11 is 0. The van der Waals surface area contributed by atoms with Crippen LogP contribution in [-0.4, -0.2) is 25.1 Å². The van der Waals surface area contributed by atoms with Gasteiger partial charge in [0.05, 0.1) is 5.69 Å². The van der Waals surface area contributed by atoms with E-state index in [1.807, 2.05) is 7.05 Å². The summed E-state index contributed by atoms with van der Waals surface area (Å²) in [6.45, 7) is 2.94. The average molecular weight is 195 g/mol. The summed E-state index contributed by atoms with van der Waals surface area (Å²) in [5.74, 6) is 0. The third-order valence-corrected chi connectivity index (χ3v) is 2.52. The van der Waals surface area contributed by atoms with Crippen molar-refractivity contribution in [1.29, 1.82) is 0 Å². The van der Waals surface area contributed by atoms with Gasteiger partial charge in [-0.25, -0.2) is 0 Å². The van der Waals surface area contributed by atoms with Crippen LogP contribution in [-0.2, 0) is 6.54 Å². The molecule has 0 radical (unpaired) electrons. The SMILES string of the molecule is CNCc1coc(N2CCCCC2)n1. The van der Waals surface area contributed by atoms with Gasteiger partial charge in [0.25, 0.3) is 6.01 Å². The predicted octanol–water partition coefficient (Wildman–Crippen LogP) is 1.38. The highest BCUT2D eigenvalue weighted by atomic mass is 16.4. The summed E-state index contributed by atoms with van der Waals surface area (Å²) in [5.41, 5.74) is 0.980. The van der Waals surface area contributed by atoms with Crippen LogP contribution in [0.2, 0.25) is 0 Å². The van der Waals surface area contributed by atoms with E-state index in [2.05, 4.69) is 15.2 Å². The van der Waals surface area contributed by atoms with Gasteiger partial charge in [-0.05, 0) is 26.3 Å². The van der Waals surface area contributed by atoms with Crippen molar-refractivity contribution in [3.63, 3.8) is 0 Å². The topological polar surface area (TPSA) is 41.3 Å². The summed E-state index contributed by atoms with van der Waals surface area (Å²) < 4.78 is 5.43. The van der Waals surface area contributed by atoms with Gasteiger partial charge in [0.2, 0.25) is 0 Å². The molecule has 78 valence electrons. The highest BCUT2D eigenvalue weighted by molar-refractivity contribution is 5.27. The Morgan fingerprint density at radius 1 is 1.43 bits per heavy atom. The molecule has 1 fully saturated rings. The minimum atomic E-state index is 0.775. The van der Waals surface area contributed by atoms with Gasteiger partial charge < -0.3 is 14.6 Å². The van der Waals surface area contributed by atoms with Crippen molar-refractivity contribution >= 4 is 6.01 Å². The Morgan fingerprint density at radius 3 is 2.93 bits per heavy atom. The smallest absolute Gasteiger partial charge is 0.297 e. The fourth-order valence-corrected chi connectivity index (χ4v) is 1.79. The molecular formula is C10H17N3O. The number of piperidine rings is 1. The standard InChI is InChI=1S/C10H17N3O/c1-11-7-9-8-14-10(12-9)13-5-3-2-4-6-13/h8,11H,2-7H2,1H3. The molecule has 1 aromatic heterocycles. The zero-order chi connectivity index (χ0) is 9.80. The Hall–Kier alpha value is -1.03. The molecule has 0 aromatic carbocycles. The molecule has 0 unspecified atom stereocenters.